The van der Waals surface area contributed by atoms with Crippen molar-refractivity contribution in [2.45, 2.75) is 31.7 Å². The van der Waals surface area contributed by atoms with Crippen LogP contribution in [0.2, 0.25) is 0 Å². The summed E-state index contributed by atoms with van der Waals surface area (Å²) in [6.45, 7) is 2.83. The number of halogens is 2. The van der Waals surface area contributed by atoms with Gasteiger partial charge in [0.05, 0.1) is 25.2 Å². The molecule has 1 aliphatic heterocycles. The topological polar surface area (TPSA) is 21.5 Å². The van der Waals surface area contributed by atoms with Gasteiger partial charge in [0.1, 0.15) is 11.6 Å². The Morgan fingerprint density at radius 2 is 2.00 bits per heavy atom. The zero-order valence-electron chi connectivity index (χ0n) is 10.8. The van der Waals surface area contributed by atoms with Crippen LogP contribution in [0.4, 0.5) is 8.78 Å². The van der Waals surface area contributed by atoms with Crippen molar-refractivity contribution in [3.63, 3.8) is 0 Å². The van der Waals surface area contributed by atoms with Crippen molar-refractivity contribution in [3.05, 3.63) is 35.0 Å². The minimum absolute atomic E-state index is 0.412. The van der Waals surface area contributed by atoms with Crippen LogP contribution in [0.25, 0.3) is 10.9 Å². The molecule has 0 unspecified atom stereocenters. The van der Waals surface area contributed by atoms with Crippen LogP contribution in [-0.4, -0.2) is 17.7 Å². The molecule has 0 radical (unpaired) electrons. The highest BCUT2D eigenvalue weighted by Gasteiger charge is 2.33. The highest BCUT2D eigenvalue weighted by atomic mass is 19.1. The van der Waals surface area contributed by atoms with E-state index in [2.05, 4.69) is 9.88 Å². The van der Waals surface area contributed by atoms with Crippen molar-refractivity contribution in [1.29, 1.82) is 0 Å². The maximum Gasteiger partial charge on any atom is 0.150 e. The van der Waals surface area contributed by atoms with E-state index in [1.807, 2.05) is 0 Å². The third-order valence-electron chi connectivity index (χ3n) is 4.35. The molecule has 2 aromatic rings. The molecule has 0 spiro atoms. The average molecular weight is 263 g/mol. The summed E-state index contributed by atoms with van der Waals surface area (Å²) >= 11 is 0. The van der Waals surface area contributed by atoms with E-state index in [-0.39, 0.29) is 0 Å². The van der Waals surface area contributed by atoms with Gasteiger partial charge < -0.3 is 9.88 Å². The molecule has 100 valence electrons. The number of aromatic nitrogens is 1. The normalized spacial score (nSPS) is 19.5. The van der Waals surface area contributed by atoms with Crippen LogP contribution in [-0.2, 0) is 13.0 Å². The Kier molecular flexibility index (Phi) is 2.42. The minimum Gasteiger partial charge on any atom is -0.344 e. The van der Waals surface area contributed by atoms with Gasteiger partial charge in [-0.3, -0.25) is 0 Å². The summed E-state index contributed by atoms with van der Waals surface area (Å²) < 4.78 is 29.8. The standard InChI is InChI=1S/C15H16F2N2/c16-10-7-11-14(9-1-2-9)13-3-4-18-5-6-19(13)15(11)12(17)8-10/h7-9,18H,1-6H2/p+1. The molecule has 1 aromatic heterocycles. The van der Waals surface area contributed by atoms with Crippen molar-refractivity contribution < 1.29 is 14.1 Å². The Bertz CT molecular complexity index is 656. The van der Waals surface area contributed by atoms with Gasteiger partial charge in [-0.15, -0.1) is 0 Å². The minimum atomic E-state index is -0.459. The van der Waals surface area contributed by atoms with E-state index in [1.165, 1.54) is 17.3 Å². The first kappa shape index (κ1) is 11.4. The van der Waals surface area contributed by atoms with Gasteiger partial charge in [0, 0.05) is 23.6 Å². The Labute approximate surface area is 110 Å². The van der Waals surface area contributed by atoms with Crippen molar-refractivity contribution in [2.75, 3.05) is 13.1 Å². The van der Waals surface area contributed by atoms with Crippen LogP contribution in [0, 0.1) is 11.6 Å². The third-order valence-corrected chi connectivity index (χ3v) is 4.35. The molecule has 19 heavy (non-hydrogen) atoms. The van der Waals surface area contributed by atoms with Crippen LogP contribution < -0.4 is 5.32 Å². The fourth-order valence-electron chi connectivity index (χ4n) is 3.43. The van der Waals surface area contributed by atoms with E-state index in [1.54, 1.807) is 0 Å². The predicted octanol–water partition coefficient (Wildman–Crippen LogP) is 1.92. The molecule has 0 atom stereocenters. The largest absolute Gasteiger partial charge is 0.344 e. The van der Waals surface area contributed by atoms with E-state index in [9.17, 15) is 8.78 Å². The van der Waals surface area contributed by atoms with Crippen molar-refractivity contribution in [2.24, 2.45) is 0 Å². The van der Waals surface area contributed by atoms with Crippen molar-refractivity contribution in [1.82, 2.24) is 4.57 Å². The lowest BCUT2D eigenvalue weighted by Gasteiger charge is -2.05. The first-order chi connectivity index (χ1) is 9.25. The van der Waals surface area contributed by atoms with Gasteiger partial charge >= 0.3 is 0 Å². The first-order valence-corrected chi connectivity index (χ1v) is 7.07. The Morgan fingerprint density at radius 1 is 1.16 bits per heavy atom. The van der Waals surface area contributed by atoms with Gasteiger partial charge in [-0.2, -0.15) is 0 Å². The smallest absolute Gasteiger partial charge is 0.150 e. The molecule has 2 aliphatic rings. The van der Waals surface area contributed by atoms with Crippen LogP contribution in [0.5, 0.6) is 0 Å². The van der Waals surface area contributed by atoms with Gasteiger partial charge in [0.15, 0.2) is 0 Å². The summed E-state index contributed by atoms with van der Waals surface area (Å²) in [7, 11) is 0. The Morgan fingerprint density at radius 3 is 2.79 bits per heavy atom. The molecule has 0 saturated heterocycles. The second kappa shape index (κ2) is 4.04. The monoisotopic (exact) mass is 263 g/mol. The zero-order valence-corrected chi connectivity index (χ0v) is 10.8. The number of hydrogen-bond donors (Lipinski definition) is 1. The molecule has 1 saturated carbocycles. The second-order valence-electron chi connectivity index (χ2n) is 5.69. The van der Waals surface area contributed by atoms with Gasteiger partial charge in [-0.25, -0.2) is 8.78 Å². The van der Waals surface area contributed by atoms with Crippen LogP contribution in [0.15, 0.2) is 12.1 Å². The van der Waals surface area contributed by atoms with Crippen molar-refractivity contribution >= 4 is 10.9 Å². The lowest BCUT2D eigenvalue weighted by molar-refractivity contribution is -0.653. The van der Waals surface area contributed by atoms with E-state index in [0.717, 1.165) is 50.3 Å². The number of nitrogens with zero attached hydrogens (tertiary/aromatic N) is 1. The average Bonchev–Trinajstić information content (AvgIpc) is 3.16. The van der Waals surface area contributed by atoms with E-state index in [4.69, 9.17) is 0 Å². The van der Waals surface area contributed by atoms with Gasteiger partial charge in [-0.05, 0) is 30.4 Å². The summed E-state index contributed by atoms with van der Waals surface area (Å²) in [6, 6.07) is 2.54. The lowest BCUT2D eigenvalue weighted by atomic mass is 10.0. The summed E-state index contributed by atoms with van der Waals surface area (Å²) in [6.07, 6.45) is 3.28. The Hall–Kier alpha value is -1.42. The second-order valence-corrected chi connectivity index (χ2v) is 5.69. The summed E-state index contributed by atoms with van der Waals surface area (Å²) in [5.74, 6) is -0.345. The summed E-state index contributed by atoms with van der Waals surface area (Å²) in [5, 5.41) is 3.09. The maximum atomic E-state index is 14.2. The van der Waals surface area contributed by atoms with Crippen LogP contribution in [0.1, 0.15) is 30.0 Å². The molecule has 2 N–H and O–H groups in total. The molecule has 4 rings (SSSR count). The lowest BCUT2D eigenvalue weighted by Crippen LogP contribution is -2.84. The highest BCUT2D eigenvalue weighted by Crippen LogP contribution is 2.46. The molecular weight excluding hydrogens is 246 g/mol. The fourth-order valence-corrected chi connectivity index (χ4v) is 3.43. The summed E-state index contributed by atoms with van der Waals surface area (Å²) in [4.78, 5) is 0. The Balaban J connectivity index is 2.08. The maximum absolute atomic E-state index is 14.2. The molecule has 1 aromatic carbocycles. The number of nitrogens with two attached hydrogens (primary N) is 1. The van der Waals surface area contributed by atoms with E-state index < -0.39 is 11.6 Å². The van der Waals surface area contributed by atoms with E-state index >= 15 is 0 Å². The van der Waals surface area contributed by atoms with Gasteiger partial charge in [0.25, 0.3) is 0 Å². The molecule has 1 fully saturated rings. The van der Waals surface area contributed by atoms with Gasteiger partial charge in [0.2, 0.25) is 0 Å². The number of fused-ring (bicyclic) bond motifs is 3. The number of benzene rings is 1. The first-order valence-electron chi connectivity index (χ1n) is 7.07. The predicted molar refractivity (Wildman–Crippen MR) is 69.2 cm³/mol. The molecular formula is C15H17F2N2+. The van der Waals surface area contributed by atoms with Crippen LogP contribution in [0.3, 0.4) is 0 Å². The van der Waals surface area contributed by atoms with Gasteiger partial charge in [-0.1, -0.05) is 0 Å². The highest BCUT2D eigenvalue weighted by molar-refractivity contribution is 5.87. The SMILES string of the molecule is Fc1cc(F)c2c(c1)c(C1CC1)c1n2CC[NH2+]CC1. The van der Waals surface area contributed by atoms with Crippen LogP contribution >= 0.6 is 0 Å². The molecule has 4 heteroatoms. The fraction of sp³-hybridized carbons (Fsp3) is 0.467. The molecule has 0 amide bonds. The zero-order chi connectivity index (χ0) is 13.0. The molecule has 0 bridgehead atoms. The molecule has 1 aliphatic carbocycles. The van der Waals surface area contributed by atoms with Crippen molar-refractivity contribution in [3.8, 4) is 0 Å². The molecule has 2 heterocycles. The number of rotatable bonds is 1. The number of quaternary nitrogens is 1. The quantitative estimate of drug-likeness (QED) is 0.812. The third kappa shape index (κ3) is 1.70. The molecule has 2 nitrogen and oxygen atoms in total. The number of hydrogen-bond acceptors (Lipinski definition) is 0. The summed E-state index contributed by atoms with van der Waals surface area (Å²) in [5.41, 5.74) is 3.09. The van der Waals surface area contributed by atoms with E-state index in [0.29, 0.717) is 11.4 Å².